The second-order valence-corrected chi connectivity index (χ2v) is 3.98. The monoisotopic (exact) mass is 241 g/mol. The standard InChI is InChI=1S/C14H15N3O/c1-18-9-6-14-16-7-8-17(14)11-13-5-3-2-4-12(13)10-15/h2-5,7-8H,6,9,11H2,1H3. The molecule has 92 valence electrons. The van der Waals surface area contributed by atoms with Gasteiger partial charge in [0.2, 0.25) is 0 Å². The Balaban J connectivity index is 2.19. The number of imidazole rings is 1. The third-order valence-corrected chi connectivity index (χ3v) is 2.81. The van der Waals surface area contributed by atoms with Crippen molar-refractivity contribution in [2.24, 2.45) is 0 Å². The number of rotatable bonds is 5. The van der Waals surface area contributed by atoms with Crippen LogP contribution in [0.5, 0.6) is 0 Å². The van der Waals surface area contributed by atoms with Gasteiger partial charge in [-0.05, 0) is 11.6 Å². The molecular weight excluding hydrogens is 226 g/mol. The summed E-state index contributed by atoms with van der Waals surface area (Å²) in [5.74, 6) is 0.976. The van der Waals surface area contributed by atoms with Crippen LogP contribution in [0.25, 0.3) is 0 Å². The van der Waals surface area contributed by atoms with Crippen LogP contribution in [0.4, 0.5) is 0 Å². The van der Waals surface area contributed by atoms with Crippen LogP contribution >= 0.6 is 0 Å². The molecule has 0 aliphatic rings. The van der Waals surface area contributed by atoms with Gasteiger partial charge in [0, 0.05) is 25.9 Å². The lowest BCUT2D eigenvalue weighted by molar-refractivity contribution is 0.199. The minimum absolute atomic E-state index is 0.650. The van der Waals surface area contributed by atoms with Crippen molar-refractivity contribution in [3.8, 4) is 6.07 Å². The van der Waals surface area contributed by atoms with E-state index in [1.165, 1.54) is 0 Å². The summed E-state index contributed by atoms with van der Waals surface area (Å²) < 4.78 is 7.11. The highest BCUT2D eigenvalue weighted by atomic mass is 16.5. The summed E-state index contributed by atoms with van der Waals surface area (Å²) in [4.78, 5) is 4.31. The Morgan fingerprint density at radius 1 is 1.39 bits per heavy atom. The van der Waals surface area contributed by atoms with Crippen LogP contribution in [0.2, 0.25) is 0 Å². The Hall–Kier alpha value is -2.12. The quantitative estimate of drug-likeness (QED) is 0.804. The van der Waals surface area contributed by atoms with Gasteiger partial charge in [0.25, 0.3) is 0 Å². The molecule has 0 fully saturated rings. The van der Waals surface area contributed by atoms with Crippen LogP contribution < -0.4 is 0 Å². The van der Waals surface area contributed by atoms with Crippen molar-refractivity contribution >= 4 is 0 Å². The van der Waals surface area contributed by atoms with Gasteiger partial charge in [-0.3, -0.25) is 0 Å². The lowest BCUT2D eigenvalue weighted by Gasteiger charge is -2.08. The van der Waals surface area contributed by atoms with Gasteiger partial charge >= 0.3 is 0 Å². The first-order chi connectivity index (χ1) is 8.85. The molecule has 0 radical (unpaired) electrons. The van der Waals surface area contributed by atoms with E-state index in [9.17, 15) is 0 Å². The smallest absolute Gasteiger partial charge is 0.111 e. The van der Waals surface area contributed by atoms with E-state index in [0.717, 1.165) is 17.8 Å². The van der Waals surface area contributed by atoms with Crippen molar-refractivity contribution in [1.82, 2.24) is 9.55 Å². The van der Waals surface area contributed by atoms with E-state index in [2.05, 4.69) is 15.6 Å². The van der Waals surface area contributed by atoms with Gasteiger partial charge in [0.15, 0.2) is 0 Å². The van der Waals surface area contributed by atoms with E-state index in [1.54, 1.807) is 13.3 Å². The third kappa shape index (κ3) is 2.76. The molecule has 4 heteroatoms. The molecule has 0 saturated heterocycles. The van der Waals surface area contributed by atoms with Gasteiger partial charge in [-0.15, -0.1) is 0 Å². The first-order valence-electron chi connectivity index (χ1n) is 5.82. The van der Waals surface area contributed by atoms with Crippen LogP contribution in [0.3, 0.4) is 0 Å². The minimum atomic E-state index is 0.650. The lowest BCUT2D eigenvalue weighted by Crippen LogP contribution is -2.08. The van der Waals surface area contributed by atoms with Crippen molar-refractivity contribution in [2.75, 3.05) is 13.7 Å². The van der Waals surface area contributed by atoms with Gasteiger partial charge in [-0.25, -0.2) is 4.98 Å². The number of ether oxygens (including phenoxy) is 1. The van der Waals surface area contributed by atoms with E-state index in [4.69, 9.17) is 10.00 Å². The SMILES string of the molecule is COCCc1nccn1Cc1ccccc1C#N. The first kappa shape index (κ1) is 12.3. The van der Waals surface area contributed by atoms with E-state index in [1.807, 2.05) is 30.5 Å². The average molecular weight is 241 g/mol. The highest BCUT2D eigenvalue weighted by Gasteiger charge is 2.06. The van der Waals surface area contributed by atoms with Crippen LogP contribution in [-0.4, -0.2) is 23.3 Å². The molecule has 1 heterocycles. The zero-order valence-corrected chi connectivity index (χ0v) is 10.3. The molecule has 0 aliphatic carbocycles. The Morgan fingerprint density at radius 2 is 2.22 bits per heavy atom. The molecule has 0 aliphatic heterocycles. The van der Waals surface area contributed by atoms with Crippen LogP contribution in [-0.2, 0) is 17.7 Å². The van der Waals surface area contributed by atoms with E-state index in [0.29, 0.717) is 18.7 Å². The zero-order chi connectivity index (χ0) is 12.8. The van der Waals surface area contributed by atoms with Gasteiger partial charge in [-0.1, -0.05) is 18.2 Å². The fourth-order valence-electron chi connectivity index (χ4n) is 1.86. The van der Waals surface area contributed by atoms with Crippen molar-refractivity contribution < 1.29 is 4.74 Å². The fourth-order valence-corrected chi connectivity index (χ4v) is 1.86. The molecule has 0 saturated carbocycles. The largest absolute Gasteiger partial charge is 0.384 e. The molecule has 0 N–H and O–H groups in total. The molecule has 1 aromatic heterocycles. The first-order valence-corrected chi connectivity index (χ1v) is 5.82. The molecule has 0 unspecified atom stereocenters. The summed E-state index contributed by atoms with van der Waals surface area (Å²) in [5.41, 5.74) is 1.72. The highest BCUT2D eigenvalue weighted by Crippen LogP contribution is 2.11. The maximum Gasteiger partial charge on any atom is 0.111 e. The number of hydrogen-bond donors (Lipinski definition) is 0. The second-order valence-electron chi connectivity index (χ2n) is 3.98. The molecular formula is C14H15N3O. The molecule has 2 rings (SSSR count). The Bertz CT molecular complexity index is 554. The number of methoxy groups -OCH3 is 1. The number of nitrogens with zero attached hydrogens (tertiary/aromatic N) is 3. The molecule has 0 atom stereocenters. The molecule has 18 heavy (non-hydrogen) atoms. The normalized spacial score (nSPS) is 10.2. The Morgan fingerprint density at radius 3 is 3.00 bits per heavy atom. The van der Waals surface area contributed by atoms with Crippen molar-refractivity contribution in [3.63, 3.8) is 0 Å². The topological polar surface area (TPSA) is 50.8 Å². The molecule has 2 aromatic rings. The van der Waals surface area contributed by atoms with E-state index >= 15 is 0 Å². The predicted octanol–water partition coefficient (Wildman–Crippen LogP) is 1.99. The van der Waals surface area contributed by atoms with E-state index < -0.39 is 0 Å². The molecule has 4 nitrogen and oxygen atoms in total. The van der Waals surface area contributed by atoms with Crippen LogP contribution in [0, 0.1) is 11.3 Å². The van der Waals surface area contributed by atoms with Crippen molar-refractivity contribution in [3.05, 3.63) is 53.6 Å². The second kappa shape index (κ2) is 5.99. The molecule has 0 spiro atoms. The third-order valence-electron chi connectivity index (χ3n) is 2.81. The summed E-state index contributed by atoms with van der Waals surface area (Å²) in [6, 6.07) is 9.84. The Labute approximate surface area is 106 Å². The van der Waals surface area contributed by atoms with Crippen molar-refractivity contribution in [2.45, 2.75) is 13.0 Å². The van der Waals surface area contributed by atoms with Crippen molar-refractivity contribution in [1.29, 1.82) is 5.26 Å². The molecule has 0 bridgehead atoms. The van der Waals surface area contributed by atoms with Gasteiger partial charge < -0.3 is 9.30 Å². The number of hydrogen-bond acceptors (Lipinski definition) is 3. The van der Waals surface area contributed by atoms with E-state index in [-0.39, 0.29) is 0 Å². The Kier molecular flexibility index (Phi) is 4.11. The highest BCUT2D eigenvalue weighted by molar-refractivity contribution is 5.37. The summed E-state index contributed by atoms with van der Waals surface area (Å²) in [6.45, 7) is 1.32. The van der Waals surface area contributed by atoms with Gasteiger partial charge in [0.1, 0.15) is 5.82 Å². The lowest BCUT2D eigenvalue weighted by atomic mass is 10.1. The predicted molar refractivity (Wildman–Crippen MR) is 68.1 cm³/mol. The zero-order valence-electron chi connectivity index (χ0n) is 10.3. The number of benzene rings is 1. The minimum Gasteiger partial charge on any atom is -0.384 e. The summed E-state index contributed by atoms with van der Waals surface area (Å²) in [7, 11) is 1.68. The average Bonchev–Trinajstić information content (AvgIpc) is 2.84. The maximum atomic E-state index is 9.06. The fraction of sp³-hybridized carbons (Fsp3) is 0.286. The number of aromatic nitrogens is 2. The summed E-state index contributed by atoms with van der Waals surface area (Å²) in [5, 5.41) is 9.06. The van der Waals surface area contributed by atoms with Gasteiger partial charge in [-0.2, -0.15) is 5.26 Å². The summed E-state index contributed by atoms with van der Waals surface area (Å²) in [6.07, 6.45) is 4.48. The molecule has 0 amide bonds. The molecule has 1 aromatic carbocycles. The maximum absolute atomic E-state index is 9.06. The summed E-state index contributed by atoms with van der Waals surface area (Å²) >= 11 is 0. The number of nitriles is 1. The van der Waals surface area contributed by atoms with Gasteiger partial charge in [0.05, 0.1) is 24.8 Å². The van der Waals surface area contributed by atoms with Crippen LogP contribution in [0.1, 0.15) is 17.0 Å². The van der Waals surface area contributed by atoms with Crippen LogP contribution in [0.15, 0.2) is 36.7 Å².